The van der Waals surface area contributed by atoms with E-state index in [2.05, 4.69) is 0 Å². The van der Waals surface area contributed by atoms with E-state index >= 15 is 0 Å². The van der Waals surface area contributed by atoms with Gasteiger partial charge in [0.2, 0.25) is 0 Å². The van der Waals surface area contributed by atoms with E-state index in [-0.39, 0.29) is 38.4 Å². The maximum Gasteiger partial charge on any atom is 0.407 e. The monoisotopic (exact) mass is 342 g/mol. The van der Waals surface area contributed by atoms with Crippen molar-refractivity contribution in [1.29, 1.82) is 0 Å². The second kappa shape index (κ2) is 7.71. The Kier molecular flexibility index (Phi) is 5.67. The van der Waals surface area contributed by atoms with E-state index in [1.165, 1.54) is 35.1 Å². The third kappa shape index (κ3) is 4.18. The Morgan fingerprint density at radius 1 is 1.25 bits per heavy atom. The second-order valence-electron chi connectivity index (χ2n) is 5.29. The van der Waals surface area contributed by atoms with Gasteiger partial charge in [-0.15, -0.1) is 0 Å². The standard InChI is InChI=1S/C15H19FN2O6/c1-23-12-3-2-10(16)8-13(12)24-7-4-11-9-17(14(19)20)5-6-18(11)15(21)22/h2-3,8,11H,4-7,9H2,1H3,(H,19,20)(H,21,22)/t11-/m1/s1. The summed E-state index contributed by atoms with van der Waals surface area (Å²) in [4.78, 5) is 24.7. The van der Waals surface area contributed by atoms with Gasteiger partial charge >= 0.3 is 12.2 Å². The number of rotatable bonds is 5. The van der Waals surface area contributed by atoms with Crippen LogP contribution in [0.5, 0.6) is 11.5 Å². The molecule has 1 atom stereocenters. The number of amides is 2. The van der Waals surface area contributed by atoms with Crippen molar-refractivity contribution in [2.45, 2.75) is 12.5 Å². The van der Waals surface area contributed by atoms with Gasteiger partial charge in [0.15, 0.2) is 11.5 Å². The van der Waals surface area contributed by atoms with Crippen LogP contribution in [0.15, 0.2) is 18.2 Å². The summed E-state index contributed by atoms with van der Waals surface area (Å²) in [6, 6.07) is 3.33. The first-order chi connectivity index (χ1) is 11.4. The van der Waals surface area contributed by atoms with E-state index in [9.17, 15) is 19.1 Å². The summed E-state index contributed by atoms with van der Waals surface area (Å²) < 4.78 is 23.8. The third-order valence-electron chi connectivity index (χ3n) is 3.83. The normalized spacial score (nSPS) is 17.5. The number of nitrogens with zero attached hydrogens (tertiary/aromatic N) is 2. The minimum absolute atomic E-state index is 0.0747. The van der Waals surface area contributed by atoms with Crippen molar-refractivity contribution in [3.63, 3.8) is 0 Å². The maximum absolute atomic E-state index is 13.3. The highest BCUT2D eigenvalue weighted by Crippen LogP contribution is 2.28. The van der Waals surface area contributed by atoms with Gasteiger partial charge in [0, 0.05) is 32.1 Å². The van der Waals surface area contributed by atoms with Crippen LogP contribution in [0.25, 0.3) is 0 Å². The average Bonchev–Trinajstić information content (AvgIpc) is 2.54. The van der Waals surface area contributed by atoms with Crippen LogP contribution in [-0.4, -0.2) is 71.6 Å². The van der Waals surface area contributed by atoms with E-state index in [1.807, 2.05) is 0 Å². The zero-order chi connectivity index (χ0) is 17.7. The van der Waals surface area contributed by atoms with Crippen LogP contribution in [0.4, 0.5) is 14.0 Å². The highest BCUT2D eigenvalue weighted by molar-refractivity contribution is 5.68. The van der Waals surface area contributed by atoms with Crippen molar-refractivity contribution in [1.82, 2.24) is 9.80 Å². The molecule has 1 saturated heterocycles. The molecule has 24 heavy (non-hydrogen) atoms. The zero-order valence-corrected chi connectivity index (χ0v) is 13.1. The topological polar surface area (TPSA) is 99.5 Å². The number of methoxy groups -OCH3 is 1. The molecule has 0 radical (unpaired) electrons. The molecule has 0 bridgehead atoms. The lowest BCUT2D eigenvalue weighted by atomic mass is 10.1. The quantitative estimate of drug-likeness (QED) is 0.848. The maximum atomic E-state index is 13.3. The molecule has 0 spiro atoms. The molecule has 1 aromatic carbocycles. The Labute approximate surface area is 138 Å². The number of piperazine rings is 1. The van der Waals surface area contributed by atoms with Gasteiger partial charge in [-0.1, -0.05) is 0 Å². The van der Waals surface area contributed by atoms with Crippen molar-refractivity contribution in [2.24, 2.45) is 0 Å². The van der Waals surface area contributed by atoms with Crippen LogP contribution in [0.1, 0.15) is 6.42 Å². The first-order valence-corrected chi connectivity index (χ1v) is 7.36. The van der Waals surface area contributed by atoms with Gasteiger partial charge in [0.05, 0.1) is 19.8 Å². The van der Waals surface area contributed by atoms with E-state index in [0.717, 1.165) is 0 Å². The first-order valence-electron chi connectivity index (χ1n) is 7.36. The summed E-state index contributed by atoms with van der Waals surface area (Å²) >= 11 is 0. The molecule has 1 fully saturated rings. The molecule has 9 heteroatoms. The van der Waals surface area contributed by atoms with Crippen LogP contribution in [0.3, 0.4) is 0 Å². The van der Waals surface area contributed by atoms with Gasteiger partial charge in [-0.05, 0) is 12.1 Å². The van der Waals surface area contributed by atoms with Crippen molar-refractivity contribution >= 4 is 12.2 Å². The number of halogens is 1. The molecule has 8 nitrogen and oxygen atoms in total. The molecular weight excluding hydrogens is 323 g/mol. The van der Waals surface area contributed by atoms with Crippen molar-refractivity contribution in [3.05, 3.63) is 24.0 Å². The van der Waals surface area contributed by atoms with Crippen LogP contribution in [0, 0.1) is 5.82 Å². The number of carboxylic acid groups (broad SMARTS) is 2. The first kappa shape index (κ1) is 17.6. The fourth-order valence-electron chi connectivity index (χ4n) is 2.60. The molecule has 1 heterocycles. The van der Waals surface area contributed by atoms with Crippen molar-refractivity contribution < 1.29 is 33.7 Å². The predicted molar refractivity (Wildman–Crippen MR) is 81.2 cm³/mol. The summed E-state index contributed by atoms with van der Waals surface area (Å²) in [7, 11) is 1.43. The Bertz CT molecular complexity index is 612. The Hall–Kier alpha value is -2.71. The molecule has 0 aliphatic carbocycles. The summed E-state index contributed by atoms with van der Waals surface area (Å²) in [5, 5.41) is 18.3. The second-order valence-corrected chi connectivity index (χ2v) is 5.29. The van der Waals surface area contributed by atoms with Crippen LogP contribution in [0.2, 0.25) is 0 Å². The minimum Gasteiger partial charge on any atom is -0.493 e. The smallest absolute Gasteiger partial charge is 0.407 e. The summed E-state index contributed by atoms with van der Waals surface area (Å²) in [5.41, 5.74) is 0. The molecule has 132 valence electrons. The van der Waals surface area contributed by atoms with E-state index in [1.54, 1.807) is 0 Å². The lowest BCUT2D eigenvalue weighted by molar-refractivity contribution is 0.0561. The van der Waals surface area contributed by atoms with Gasteiger partial charge in [-0.2, -0.15) is 0 Å². The van der Waals surface area contributed by atoms with Crippen LogP contribution in [-0.2, 0) is 0 Å². The Balaban J connectivity index is 1.98. The van der Waals surface area contributed by atoms with Gasteiger partial charge in [0.25, 0.3) is 0 Å². The molecule has 2 amide bonds. The lowest BCUT2D eigenvalue weighted by Gasteiger charge is -2.38. The van der Waals surface area contributed by atoms with Crippen molar-refractivity contribution in [3.8, 4) is 11.5 Å². The van der Waals surface area contributed by atoms with Gasteiger partial charge in [-0.3, -0.25) is 0 Å². The molecular formula is C15H19FN2O6. The third-order valence-corrected chi connectivity index (χ3v) is 3.83. The number of ether oxygens (including phenoxy) is 2. The number of hydrogen-bond acceptors (Lipinski definition) is 4. The molecule has 2 rings (SSSR count). The summed E-state index contributed by atoms with van der Waals surface area (Å²) in [6.07, 6.45) is -1.92. The highest BCUT2D eigenvalue weighted by atomic mass is 19.1. The SMILES string of the molecule is COc1ccc(F)cc1OCC[C@@H]1CN(C(=O)O)CCN1C(=O)O. The molecule has 0 aromatic heterocycles. The zero-order valence-electron chi connectivity index (χ0n) is 13.1. The summed E-state index contributed by atoms with van der Waals surface area (Å²) in [6.45, 7) is 0.416. The molecule has 1 aliphatic rings. The fourth-order valence-corrected chi connectivity index (χ4v) is 2.60. The van der Waals surface area contributed by atoms with E-state index < -0.39 is 24.0 Å². The molecule has 0 unspecified atom stereocenters. The highest BCUT2D eigenvalue weighted by Gasteiger charge is 2.32. The van der Waals surface area contributed by atoms with Crippen molar-refractivity contribution in [2.75, 3.05) is 33.4 Å². The molecule has 1 aromatic rings. The molecule has 1 aliphatic heterocycles. The molecule has 2 N–H and O–H groups in total. The Morgan fingerprint density at radius 2 is 2.00 bits per heavy atom. The summed E-state index contributed by atoms with van der Waals surface area (Å²) in [5.74, 6) is 0.0975. The largest absolute Gasteiger partial charge is 0.493 e. The Morgan fingerprint density at radius 3 is 2.62 bits per heavy atom. The predicted octanol–water partition coefficient (Wildman–Crippen LogP) is 1.95. The fraction of sp³-hybridized carbons (Fsp3) is 0.467. The van der Waals surface area contributed by atoms with E-state index in [4.69, 9.17) is 14.6 Å². The number of carbonyl (C=O) groups is 2. The van der Waals surface area contributed by atoms with E-state index in [0.29, 0.717) is 5.75 Å². The molecule has 0 saturated carbocycles. The van der Waals surface area contributed by atoms with Gasteiger partial charge in [0.1, 0.15) is 5.82 Å². The van der Waals surface area contributed by atoms with Gasteiger partial charge < -0.3 is 29.5 Å². The minimum atomic E-state index is -1.10. The number of hydrogen-bond donors (Lipinski definition) is 2. The average molecular weight is 342 g/mol. The van der Waals surface area contributed by atoms with Crippen LogP contribution >= 0.6 is 0 Å². The lowest BCUT2D eigenvalue weighted by Crippen LogP contribution is -2.56. The van der Waals surface area contributed by atoms with Gasteiger partial charge in [-0.25, -0.2) is 14.0 Å². The number of benzene rings is 1. The van der Waals surface area contributed by atoms with Crippen LogP contribution < -0.4 is 9.47 Å².